The van der Waals surface area contributed by atoms with Crippen molar-refractivity contribution in [2.45, 2.75) is 36.6 Å². The second-order valence-corrected chi connectivity index (χ2v) is 9.00. The summed E-state index contributed by atoms with van der Waals surface area (Å²) in [6.45, 7) is 1.94. The second kappa shape index (κ2) is 8.37. The van der Waals surface area contributed by atoms with E-state index in [0.29, 0.717) is 5.56 Å². The topological polar surface area (TPSA) is 127 Å². The Labute approximate surface area is 175 Å². The van der Waals surface area contributed by atoms with Crippen LogP contribution in [0.5, 0.6) is 0 Å². The minimum Gasteiger partial charge on any atom is -0.352 e. The number of nitrogens with one attached hydrogen (secondary N) is 1. The number of nitrogens with zero attached hydrogens (tertiary/aromatic N) is 1. The molecule has 3 N–H and O–H groups in total. The van der Waals surface area contributed by atoms with Gasteiger partial charge in [-0.3, -0.25) is 19.3 Å². The number of benzene rings is 2. The summed E-state index contributed by atoms with van der Waals surface area (Å²) in [6.07, 6.45) is 0.0610. The van der Waals surface area contributed by atoms with Crippen LogP contribution in [0.4, 0.5) is 0 Å². The van der Waals surface area contributed by atoms with E-state index in [1.54, 1.807) is 19.1 Å². The van der Waals surface area contributed by atoms with Gasteiger partial charge in [0, 0.05) is 25.9 Å². The number of carbonyl (C=O) groups excluding carboxylic acids is 3. The Morgan fingerprint density at radius 2 is 1.73 bits per heavy atom. The van der Waals surface area contributed by atoms with E-state index in [1.807, 2.05) is 30.3 Å². The van der Waals surface area contributed by atoms with Crippen LogP contribution in [0.25, 0.3) is 0 Å². The number of carbonyl (C=O) groups is 3. The maximum Gasteiger partial charge on any atom is 0.240 e. The molecule has 0 spiro atoms. The number of likely N-dealkylation sites (tertiary alicyclic amines) is 1. The van der Waals surface area contributed by atoms with Gasteiger partial charge in [-0.1, -0.05) is 42.5 Å². The van der Waals surface area contributed by atoms with Crippen molar-refractivity contribution in [2.75, 3.05) is 6.54 Å². The highest BCUT2D eigenvalue weighted by Crippen LogP contribution is 2.36. The van der Waals surface area contributed by atoms with Crippen LogP contribution in [0.15, 0.2) is 59.5 Å². The number of amides is 3. The van der Waals surface area contributed by atoms with Crippen molar-refractivity contribution in [3.05, 3.63) is 65.7 Å². The largest absolute Gasteiger partial charge is 0.352 e. The molecule has 8 nitrogen and oxygen atoms in total. The molecule has 2 aromatic rings. The lowest BCUT2D eigenvalue weighted by Gasteiger charge is -2.22. The van der Waals surface area contributed by atoms with Gasteiger partial charge in [-0.05, 0) is 30.2 Å². The van der Waals surface area contributed by atoms with Crippen molar-refractivity contribution >= 4 is 27.7 Å². The average Bonchev–Trinajstić information content (AvgIpc) is 2.94. The van der Waals surface area contributed by atoms with Gasteiger partial charge in [-0.2, -0.15) is 0 Å². The number of primary sulfonamides is 1. The van der Waals surface area contributed by atoms with Crippen molar-refractivity contribution in [3.63, 3.8) is 0 Å². The molecule has 1 aliphatic rings. The zero-order chi connectivity index (χ0) is 21.9. The molecule has 0 aliphatic carbocycles. The number of nitrogens with two attached hydrogens (primary N) is 1. The number of sulfonamides is 1. The van der Waals surface area contributed by atoms with Gasteiger partial charge in [0.25, 0.3) is 0 Å². The summed E-state index contributed by atoms with van der Waals surface area (Å²) in [7, 11) is -3.77. The lowest BCUT2D eigenvalue weighted by molar-refractivity contribution is -0.140. The number of rotatable bonds is 7. The third-order valence-electron chi connectivity index (χ3n) is 5.24. The molecule has 0 bridgehead atoms. The third kappa shape index (κ3) is 4.58. The van der Waals surface area contributed by atoms with Gasteiger partial charge < -0.3 is 5.32 Å². The molecule has 3 amide bonds. The molecule has 1 aliphatic heterocycles. The van der Waals surface area contributed by atoms with Crippen LogP contribution in [-0.4, -0.2) is 37.6 Å². The van der Waals surface area contributed by atoms with Crippen LogP contribution in [0.3, 0.4) is 0 Å². The standard InChI is InChI=1S/C21H23N3O5S/c1-21(16-5-3-2-4-6-16)13-19(26)24(20(21)27)12-11-18(25)23-14-15-7-9-17(10-8-15)30(22,28)29/h2-10H,11-14H2,1H3,(H,23,25)(H2,22,28,29). The van der Waals surface area contributed by atoms with Crippen molar-refractivity contribution < 1.29 is 22.8 Å². The summed E-state index contributed by atoms with van der Waals surface area (Å²) in [4.78, 5) is 38.6. The van der Waals surface area contributed by atoms with Gasteiger partial charge in [-0.25, -0.2) is 13.6 Å². The van der Waals surface area contributed by atoms with Crippen molar-refractivity contribution in [1.29, 1.82) is 0 Å². The molecule has 1 unspecified atom stereocenters. The summed E-state index contributed by atoms with van der Waals surface area (Å²) in [6, 6.07) is 15.0. The van der Waals surface area contributed by atoms with E-state index in [4.69, 9.17) is 5.14 Å². The molecule has 1 fully saturated rings. The minimum atomic E-state index is -3.77. The molecule has 1 heterocycles. The Bertz CT molecular complexity index is 1070. The summed E-state index contributed by atoms with van der Waals surface area (Å²) in [5, 5.41) is 7.74. The maximum absolute atomic E-state index is 12.9. The van der Waals surface area contributed by atoms with Gasteiger partial charge in [0.15, 0.2) is 0 Å². The second-order valence-electron chi connectivity index (χ2n) is 7.44. The average molecular weight is 429 g/mol. The van der Waals surface area contributed by atoms with Gasteiger partial charge in [0.05, 0.1) is 10.3 Å². The smallest absolute Gasteiger partial charge is 0.240 e. The van der Waals surface area contributed by atoms with Gasteiger partial charge in [0.2, 0.25) is 27.7 Å². The molecular formula is C21H23N3O5S. The highest BCUT2D eigenvalue weighted by Gasteiger charge is 2.49. The van der Waals surface area contributed by atoms with Crippen LogP contribution in [0.1, 0.15) is 30.9 Å². The maximum atomic E-state index is 12.9. The lowest BCUT2D eigenvalue weighted by atomic mass is 9.81. The first-order chi connectivity index (χ1) is 14.1. The fraction of sp³-hybridized carbons (Fsp3) is 0.286. The summed E-state index contributed by atoms with van der Waals surface area (Å²) in [5.74, 6) is -0.915. The molecule has 158 valence electrons. The third-order valence-corrected chi connectivity index (χ3v) is 6.17. The van der Waals surface area contributed by atoms with Crippen LogP contribution in [0.2, 0.25) is 0 Å². The number of imide groups is 1. The first-order valence-electron chi connectivity index (χ1n) is 9.40. The number of hydrogen-bond donors (Lipinski definition) is 2. The predicted octanol–water partition coefficient (Wildman–Crippen LogP) is 1.06. The summed E-state index contributed by atoms with van der Waals surface area (Å²) >= 11 is 0. The van der Waals surface area contributed by atoms with Gasteiger partial charge in [-0.15, -0.1) is 0 Å². The Morgan fingerprint density at radius 1 is 1.10 bits per heavy atom. The molecule has 0 saturated carbocycles. The van der Waals surface area contributed by atoms with E-state index in [1.165, 1.54) is 12.1 Å². The summed E-state index contributed by atoms with van der Waals surface area (Å²) in [5.41, 5.74) is 0.554. The lowest BCUT2D eigenvalue weighted by Crippen LogP contribution is -2.38. The zero-order valence-corrected chi connectivity index (χ0v) is 17.3. The van der Waals surface area contributed by atoms with Crippen molar-refractivity contribution in [3.8, 4) is 0 Å². The van der Waals surface area contributed by atoms with Crippen molar-refractivity contribution in [2.24, 2.45) is 5.14 Å². The van der Waals surface area contributed by atoms with Gasteiger partial charge in [0.1, 0.15) is 0 Å². The zero-order valence-electron chi connectivity index (χ0n) is 16.5. The van der Waals surface area contributed by atoms with E-state index in [-0.39, 0.29) is 48.5 Å². The fourth-order valence-electron chi connectivity index (χ4n) is 3.44. The Morgan fingerprint density at radius 3 is 2.33 bits per heavy atom. The van der Waals surface area contributed by atoms with Crippen LogP contribution < -0.4 is 10.5 Å². The highest BCUT2D eigenvalue weighted by molar-refractivity contribution is 7.89. The van der Waals surface area contributed by atoms with E-state index in [2.05, 4.69) is 5.32 Å². The quantitative estimate of drug-likeness (QED) is 0.636. The van der Waals surface area contributed by atoms with E-state index < -0.39 is 15.4 Å². The van der Waals surface area contributed by atoms with Gasteiger partial charge >= 0.3 is 0 Å². The molecule has 30 heavy (non-hydrogen) atoms. The number of hydrogen-bond acceptors (Lipinski definition) is 5. The molecule has 0 radical (unpaired) electrons. The van der Waals surface area contributed by atoms with Crippen molar-refractivity contribution in [1.82, 2.24) is 10.2 Å². The van der Waals surface area contributed by atoms with E-state index in [9.17, 15) is 22.8 Å². The van der Waals surface area contributed by atoms with E-state index in [0.717, 1.165) is 10.5 Å². The first-order valence-corrected chi connectivity index (χ1v) is 10.9. The molecule has 3 rings (SSSR count). The SMILES string of the molecule is CC1(c2ccccc2)CC(=O)N(CCC(=O)NCc2ccc(S(N)(=O)=O)cc2)C1=O. The molecular weight excluding hydrogens is 406 g/mol. The van der Waals surface area contributed by atoms with E-state index >= 15 is 0 Å². The normalized spacial score (nSPS) is 19.2. The monoisotopic (exact) mass is 429 g/mol. The van der Waals surface area contributed by atoms with Crippen LogP contribution in [-0.2, 0) is 36.4 Å². The Balaban J connectivity index is 1.54. The molecule has 9 heteroatoms. The summed E-state index contributed by atoms with van der Waals surface area (Å²) < 4.78 is 22.5. The Hall–Kier alpha value is -3.04. The Kier molecular flexibility index (Phi) is 6.04. The molecule has 2 aromatic carbocycles. The first kappa shape index (κ1) is 21.7. The highest BCUT2D eigenvalue weighted by atomic mass is 32.2. The predicted molar refractivity (Wildman–Crippen MR) is 109 cm³/mol. The van der Waals surface area contributed by atoms with Crippen LogP contribution >= 0.6 is 0 Å². The molecule has 1 atom stereocenters. The minimum absolute atomic E-state index is 0.00917. The molecule has 0 aromatic heterocycles. The fourth-order valence-corrected chi connectivity index (χ4v) is 3.96. The molecule has 1 saturated heterocycles. The van der Waals surface area contributed by atoms with Crippen LogP contribution in [0, 0.1) is 0 Å².